The Kier molecular flexibility index (Phi) is 4.13. The van der Waals surface area contributed by atoms with Gasteiger partial charge >= 0.3 is 5.95 Å². The molecule has 0 amide bonds. The summed E-state index contributed by atoms with van der Waals surface area (Å²) in [7, 11) is 0. The lowest BCUT2D eigenvalue weighted by atomic mass is 10.1. The molecule has 1 fully saturated rings. The van der Waals surface area contributed by atoms with Gasteiger partial charge < -0.3 is 25.1 Å². The third kappa shape index (κ3) is 3.49. The van der Waals surface area contributed by atoms with Gasteiger partial charge in [-0.2, -0.15) is 0 Å². The molecule has 0 aliphatic carbocycles. The maximum atomic E-state index is 12.3. The first kappa shape index (κ1) is 13.9. The molecule has 8 nitrogen and oxygen atoms in total. The molecule has 1 saturated heterocycles. The van der Waals surface area contributed by atoms with Crippen LogP contribution in [-0.2, 0) is 6.54 Å². The van der Waals surface area contributed by atoms with E-state index in [2.05, 4.69) is 4.98 Å². The average Bonchev–Trinajstić information content (AvgIpc) is 2.77. The standard InChI is InChI=1S/C11H18N4O4/c16-10(9-15(19)6-2-1-3-7-15)8-13-5-4-12-11(13)14(17)18/h4-5,10,16H,1-3,6-9H2. The Hall–Kier alpha value is -1.51. The lowest BCUT2D eigenvalue weighted by molar-refractivity contribution is -0.888. The molecule has 0 spiro atoms. The van der Waals surface area contributed by atoms with Crippen molar-refractivity contribution in [2.75, 3.05) is 19.6 Å². The van der Waals surface area contributed by atoms with Crippen molar-refractivity contribution in [2.24, 2.45) is 0 Å². The van der Waals surface area contributed by atoms with E-state index in [1.807, 2.05) is 0 Å². The summed E-state index contributed by atoms with van der Waals surface area (Å²) in [4.78, 5) is 13.7. The summed E-state index contributed by atoms with van der Waals surface area (Å²) >= 11 is 0. The van der Waals surface area contributed by atoms with Crippen LogP contribution in [0.2, 0.25) is 0 Å². The van der Waals surface area contributed by atoms with Gasteiger partial charge in [0.2, 0.25) is 0 Å². The Morgan fingerprint density at radius 2 is 2.16 bits per heavy atom. The van der Waals surface area contributed by atoms with E-state index in [4.69, 9.17) is 0 Å². The first-order chi connectivity index (χ1) is 9.00. The van der Waals surface area contributed by atoms with Gasteiger partial charge in [-0.05, 0) is 24.2 Å². The zero-order chi connectivity index (χ0) is 13.9. The van der Waals surface area contributed by atoms with Gasteiger partial charge in [0.1, 0.15) is 31.6 Å². The summed E-state index contributed by atoms with van der Waals surface area (Å²) in [5.74, 6) is -0.310. The highest BCUT2D eigenvalue weighted by Gasteiger charge is 2.26. The van der Waals surface area contributed by atoms with Crippen molar-refractivity contribution in [3.05, 3.63) is 27.7 Å². The molecule has 0 radical (unpaired) electrons. The number of imidazole rings is 1. The number of piperidine rings is 1. The summed E-state index contributed by atoms with van der Waals surface area (Å²) in [5, 5.41) is 32.9. The third-order valence-electron chi connectivity index (χ3n) is 3.44. The zero-order valence-corrected chi connectivity index (χ0v) is 10.6. The molecule has 0 aromatic carbocycles. The lowest BCUT2D eigenvalue weighted by Gasteiger charge is -2.46. The van der Waals surface area contributed by atoms with Crippen molar-refractivity contribution in [1.82, 2.24) is 9.55 Å². The van der Waals surface area contributed by atoms with Crippen molar-refractivity contribution in [2.45, 2.75) is 31.9 Å². The summed E-state index contributed by atoms with van der Waals surface area (Å²) in [6, 6.07) is 0. The Balaban J connectivity index is 1.95. The monoisotopic (exact) mass is 270 g/mol. The first-order valence-corrected chi connectivity index (χ1v) is 6.41. The van der Waals surface area contributed by atoms with E-state index in [-0.39, 0.29) is 19.0 Å². The number of likely N-dealkylation sites (tertiary alicyclic amines) is 1. The van der Waals surface area contributed by atoms with E-state index in [1.54, 1.807) is 0 Å². The van der Waals surface area contributed by atoms with Gasteiger partial charge in [0.05, 0.1) is 13.1 Å². The summed E-state index contributed by atoms with van der Waals surface area (Å²) in [5.41, 5.74) is 0. The van der Waals surface area contributed by atoms with Gasteiger partial charge in [-0.25, -0.2) is 4.57 Å². The van der Waals surface area contributed by atoms with Crippen LogP contribution < -0.4 is 0 Å². The minimum atomic E-state index is -0.900. The number of nitro groups is 1. The Bertz CT molecular complexity index is 442. The maximum Gasteiger partial charge on any atom is 0.434 e. The van der Waals surface area contributed by atoms with Crippen molar-refractivity contribution in [1.29, 1.82) is 0 Å². The molecule has 1 unspecified atom stereocenters. The number of hydroxylamine groups is 3. The number of hydrogen-bond donors (Lipinski definition) is 1. The van der Waals surface area contributed by atoms with E-state index in [9.17, 15) is 20.4 Å². The van der Waals surface area contributed by atoms with E-state index >= 15 is 0 Å². The third-order valence-corrected chi connectivity index (χ3v) is 3.44. The van der Waals surface area contributed by atoms with Crippen molar-refractivity contribution in [3.8, 4) is 0 Å². The molecule has 1 aliphatic heterocycles. The van der Waals surface area contributed by atoms with Gasteiger partial charge in [0.25, 0.3) is 0 Å². The highest BCUT2D eigenvalue weighted by molar-refractivity contribution is 5.06. The van der Waals surface area contributed by atoms with Crippen LogP contribution in [-0.4, -0.2) is 50.0 Å². The minimum Gasteiger partial charge on any atom is -0.633 e. The van der Waals surface area contributed by atoms with Gasteiger partial charge in [-0.15, -0.1) is 0 Å². The lowest BCUT2D eigenvalue weighted by Crippen LogP contribution is -2.51. The Morgan fingerprint density at radius 1 is 1.47 bits per heavy atom. The van der Waals surface area contributed by atoms with Crippen LogP contribution in [0.3, 0.4) is 0 Å². The van der Waals surface area contributed by atoms with Crippen molar-refractivity contribution in [3.63, 3.8) is 0 Å². The summed E-state index contributed by atoms with van der Waals surface area (Å²) in [6.07, 6.45) is 4.66. The fraction of sp³-hybridized carbons (Fsp3) is 0.727. The predicted molar refractivity (Wildman–Crippen MR) is 67.0 cm³/mol. The fourth-order valence-electron chi connectivity index (χ4n) is 2.56. The van der Waals surface area contributed by atoms with Crippen LogP contribution in [0.15, 0.2) is 12.4 Å². The topological polar surface area (TPSA) is 104 Å². The normalized spacial score (nSPS) is 20.1. The molecule has 2 heterocycles. The quantitative estimate of drug-likeness (QED) is 0.366. The van der Waals surface area contributed by atoms with Gasteiger partial charge in [-0.1, -0.05) is 4.98 Å². The molecular weight excluding hydrogens is 252 g/mol. The first-order valence-electron chi connectivity index (χ1n) is 6.41. The molecule has 1 N–H and O–H groups in total. The molecular formula is C11H18N4O4. The van der Waals surface area contributed by atoms with Crippen LogP contribution in [0.25, 0.3) is 0 Å². The largest absolute Gasteiger partial charge is 0.633 e. The van der Waals surface area contributed by atoms with Crippen LogP contribution in [0.1, 0.15) is 19.3 Å². The van der Waals surface area contributed by atoms with E-state index in [0.717, 1.165) is 19.3 Å². The fourth-order valence-corrected chi connectivity index (χ4v) is 2.56. The van der Waals surface area contributed by atoms with Crippen LogP contribution >= 0.6 is 0 Å². The average molecular weight is 270 g/mol. The number of quaternary nitrogens is 1. The molecule has 19 heavy (non-hydrogen) atoms. The molecule has 8 heteroatoms. The number of rotatable bonds is 5. The number of hydrogen-bond acceptors (Lipinski definition) is 5. The second-order valence-electron chi connectivity index (χ2n) is 5.04. The highest BCUT2D eigenvalue weighted by atomic mass is 16.6. The molecule has 1 atom stereocenters. The van der Waals surface area contributed by atoms with Crippen molar-refractivity contribution < 1.29 is 14.7 Å². The van der Waals surface area contributed by atoms with Crippen molar-refractivity contribution >= 4 is 5.95 Å². The summed E-state index contributed by atoms with van der Waals surface area (Å²) in [6.45, 7) is 1.14. The molecule has 0 bridgehead atoms. The van der Waals surface area contributed by atoms with Gasteiger partial charge in [0, 0.05) is 0 Å². The highest BCUT2D eigenvalue weighted by Crippen LogP contribution is 2.18. The number of aliphatic hydroxyl groups is 1. The van der Waals surface area contributed by atoms with Crippen LogP contribution in [0.5, 0.6) is 0 Å². The molecule has 0 saturated carbocycles. The predicted octanol–water partition coefficient (Wildman–Crippen LogP) is 0.651. The van der Waals surface area contributed by atoms with E-state index < -0.39 is 15.7 Å². The second-order valence-corrected chi connectivity index (χ2v) is 5.04. The second kappa shape index (κ2) is 5.64. The number of aliphatic hydroxyl groups excluding tert-OH is 1. The number of aromatic nitrogens is 2. The summed E-state index contributed by atoms with van der Waals surface area (Å²) < 4.78 is 0.866. The molecule has 1 aromatic rings. The van der Waals surface area contributed by atoms with Gasteiger partial charge in [0.15, 0.2) is 0 Å². The molecule has 1 aliphatic rings. The molecule has 1 aromatic heterocycles. The Morgan fingerprint density at radius 3 is 2.79 bits per heavy atom. The molecule has 2 rings (SSSR count). The van der Waals surface area contributed by atoms with Gasteiger partial charge in [-0.3, -0.25) is 0 Å². The minimum absolute atomic E-state index is 0.0263. The number of nitrogens with zero attached hydrogens (tertiary/aromatic N) is 4. The Labute approximate surface area is 110 Å². The van der Waals surface area contributed by atoms with E-state index in [0.29, 0.717) is 13.1 Å². The smallest absolute Gasteiger partial charge is 0.434 e. The molecule has 106 valence electrons. The van der Waals surface area contributed by atoms with Crippen LogP contribution in [0.4, 0.5) is 5.95 Å². The van der Waals surface area contributed by atoms with Crippen LogP contribution in [0, 0.1) is 15.3 Å². The zero-order valence-electron chi connectivity index (χ0n) is 10.6. The van der Waals surface area contributed by atoms with E-state index in [1.165, 1.54) is 17.0 Å². The maximum absolute atomic E-state index is 12.3. The SMILES string of the molecule is O=[N+]([O-])c1nccn1CC(O)C[N+]1([O-])CCCCC1.